The molecule has 320 valence electrons. The van der Waals surface area contributed by atoms with Crippen molar-refractivity contribution in [1.29, 1.82) is 0 Å². The number of nitrogens with zero attached hydrogens (tertiary/aromatic N) is 1. The third-order valence-corrected chi connectivity index (χ3v) is 10.9. The maximum absolute atomic E-state index is 14.8. The summed E-state index contributed by atoms with van der Waals surface area (Å²) in [5, 5.41) is 6.62. The fraction of sp³-hybridized carbons (Fsp3) is 0.439. The van der Waals surface area contributed by atoms with Crippen LogP contribution in [0.3, 0.4) is 0 Å². The SMILES string of the molecule is COc1ccc(C([C@@H]2C[C@@H](C(=O)N[C@H](C(=O)C(F)(F)F)C(C)C)N(C(=O)[C@H](Cc3ccc(CNC(=O)OC(C)(C)C)cc3)NC(=O)c3cccc(Cl)c3)C2)S(=O)O)cc1. The van der Waals surface area contributed by atoms with E-state index in [0.717, 1.165) is 4.90 Å². The number of Topliss-reactive ketones (excluding diaryl/α,β-unsaturated/α-hetero) is 1. The molecule has 0 aliphatic carbocycles. The number of ether oxygens (including phenoxy) is 2. The molecule has 4 N–H and O–H groups in total. The molecule has 13 nitrogen and oxygen atoms in total. The van der Waals surface area contributed by atoms with Gasteiger partial charge in [0.1, 0.15) is 23.4 Å². The highest BCUT2D eigenvalue weighted by Gasteiger charge is 2.49. The molecule has 3 aromatic carbocycles. The van der Waals surface area contributed by atoms with Crippen molar-refractivity contribution in [3.05, 3.63) is 100 Å². The summed E-state index contributed by atoms with van der Waals surface area (Å²) in [7, 11) is 1.44. The summed E-state index contributed by atoms with van der Waals surface area (Å²) in [4.78, 5) is 68.1. The third kappa shape index (κ3) is 13.0. The Kier molecular flexibility index (Phi) is 15.7. The first-order valence-corrected chi connectivity index (χ1v) is 20.2. The summed E-state index contributed by atoms with van der Waals surface area (Å²) < 4.78 is 74.9. The van der Waals surface area contributed by atoms with Crippen LogP contribution < -0.4 is 20.7 Å². The number of alkyl carbamates (subject to hydrolysis) is 1. The van der Waals surface area contributed by atoms with Crippen molar-refractivity contribution in [2.24, 2.45) is 11.8 Å². The number of nitrogens with one attached hydrogen (secondary N) is 3. The average Bonchev–Trinajstić information content (AvgIpc) is 3.59. The van der Waals surface area contributed by atoms with Gasteiger partial charge in [-0.1, -0.05) is 67.9 Å². The minimum atomic E-state index is -5.28. The molecule has 0 radical (unpaired) electrons. The first kappa shape index (κ1) is 46.7. The van der Waals surface area contributed by atoms with Crippen molar-refractivity contribution in [2.45, 2.75) is 89.2 Å². The van der Waals surface area contributed by atoms with Crippen molar-refractivity contribution in [2.75, 3.05) is 13.7 Å². The molecule has 0 bridgehead atoms. The molecule has 2 unspecified atom stereocenters. The van der Waals surface area contributed by atoms with Crippen molar-refractivity contribution in [1.82, 2.24) is 20.9 Å². The lowest BCUT2D eigenvalue weighted by Crippen LogP contribution is -2.57. The van der Waals surface area contributed by atoms with Gasteiger partial charge in [0.2, 0.25) is 11.8 Å². The van der Waals surface area contributed by atoms with Crippen molar-refractivity contribution in [3.63, 3.8) is 0 Å². The van der Waals surface area contributed by atoms with E-state index in [4.69, 9.17) is 21.1 Å². The maximum atomic E-state index is 14.8. The van der Waals surface area contributed by atoms with Crippen LogP contribution in [-0.4, -0.2) is 86.8 Å². The van der Waals surface area contributed by atoms with Crippen LogP contribution in [0.25, 0.3) is 0 Å². The first-order chi connectivity index (χ1) is 27.6. The number of methoxy groups -OCH3 is 1. The number of carbonyl (C=O) groups is 5. The van der Waals surface area contributed by atoms with Gasteiger partial charge in [0.25, 0.3) is 11.7 Å². The van der Waals surface area contributed by atoms with Gasteiger partial charge >= 0.3 is 12.3 Å². The number of hydrogen-bond donors (Lipinski definition) is 4. The number of amides is 4. The lowest BCUT2D eigenvalue weighted by molar-refractivity contribution is -0.175. The normalized spacial score (nSPS) is 17.7. The van der Waals surface area contributed by atoms with Crippen LogP contribution in [0, 0.1) is 11.8 Å². The van der Waals surface area contributed by atoms with Crippen LogP contribution in [0.2, 0.25) is 5.02 Å². The molecule has 0 saturated carbocycles. The molecular weight excluding hydrogens is 817 g/mol. The highest BCUT2D eigenvalue weighted by molar-refractivity contribution is 7.79. The molecule has 1 fully saturated rings. The highest BCUT2D eigenvalue weighted by atomic mass is 35.5. The standard InChI is InChI=1S/C41H48ClF3N4O9S/c1-23(2)33(35(50)41(43,44)45)48-37(52)32-20-28(34(59(55)56)26-14-16-30(57-6)17-15-26)22-49(32)38(53)31(47-36(51)27-8-7-9-29(42)19-27)18-24-10-12-25(13-11-24)21-46-39(54)58-40(3,4)5/h7-17,19,23,28,31-34H,18,20-22H2,1-6H3,(H,46,54)(H,47,51)(H,48,52)(H,55,56)/t28-,31+,32+,33+,34?/m1/s1. The molecule has 4 amide bonds. The van der Waals surface area contributed by atoms with E-state index in [0.29, 0.717) is 22.4 Å². The summed E-state index contributed by atoms with van der Waals surface area (Å²) in [6.07, 6.45) is -6.32. The predicted octanol–water partition coefficient (Wildman–Crippen LogP) is 6.17. The number of rotatable bonds is 15. The zero-order chi connectivity index (χ0) is 43.8. The zero-order valence-corrected chi connectivity index (χ0v) is 34.9. The van der Waals surface area contributed by atoms with Gasteiger partial charge < -0.3 is 34.9 Å². The lowest BCUT2D eigenvalue weighted by atomic mass is 9.95. The zero-order valence-electron chi connectivity index (χ0n) is 33.3. The van der Waals surface area contributed by atoms with Crippen LogP contribution >= 0.6 is 11.6 Å². The Hall–Kier alpha value is -5.00. The minimum Gasteiger partial charge on any atom is -0.497 e. The molecule has 0 spiro atoms. The van der Waals surface area contributed by atoms with Crippen LogP contribution in [-0.2, 0) is 43.2 Å². The fourth-order valence-electron chi connectivity index (χ4n) is 6.68. The summed E-state index contributed by atoms with van der Waals surface area (Å²) in [6, 6.07) is 14.0. The quantitative estimate of drug-likeness (QED) is 0.130. The van der Waals surface area contributed by atoms with Crippen molar-refractivity contribution < 1.29 is 55.4 Å². The second-order valence-electron chi connectivity index (χ2n) is 15.5. The number of likely N-dealkylation sites (tertiary alicyclic amines) is 1. The van der Waals surface area contributed by atoms with Gasteiger partial charge in [0, 0.05) is 30.1 Å². The molecule has 1 aliphatic heterocycles. The van der Waals surface area contributed by atoms with Crippen LogP contribution in [0.5, 0.6) is 5.75 Å². The Labute approximate surface area is 348 Å². The number of benzene rings is 3. The van der Waals surface area contributed by atoms with E-state index < -0.39 is 87.7 Å². The number of hydrogen-bond acceptors (Lipinski definition) is 8. The Morgan fingerprint density at radius 1 is 0.949 bits per heavy atom. The Balaban J connectivity index is 1.72. The van der Waals surface area contributed by atoms with E-state index in [2.05, 4.69) is 16.0 Å². The van der Waals surface area contributed by atoms with E-state index in [1.165, 1.54) is 39.2 Å². The van der Waals surface area contributed by atoms with E-state index in [-0.39, 0.29) is 36.5 Å². The summed E-state index contributed by atoms with van der Waals surface area (Å²) in [5.41, 5.74) is 0.982. The van der Waals surface area contributed by atoms with Crippen molar-refractivity contribution >= 4 is 52.3 Å². The highest BCUT2D eigenvalue weighted by Crippen LogP contribution is 2.38. The van der Waals surface area contributed by atoms with E-state index in [9.17, 15) is 45.9 Å². The van der Waals surface area contributed by atoms with Crippen LogP contribution in [0.4, 0.5) is 18.0 Å². The molecule has 59 heavy (non-hydrogen) atoms. The van der Waals surface area contributed by atoms with E-state index in [1.807, 2.05) is 0 Å². The second kappa shape index (κ2) is 19.8. The van der Waals surface area contributed by atoms with Gasteiger partial charge in [-0.15, -0.1) is 0 Å². The minimum absolute atomic E-state index is 0.105. The molecule has 1 saturated heterocycles. The van der Waals surface area contributed by atoms with Gasteiger partial charge in [0.05, 0.1) is 18.4 Å². The van der Waals surface area contributed by atoms with Gasteiger partial charge in [-0.25, -0.2) is 9.00 Å². The Morgan fingerprint density at radius 3 is 2.12 bits per heavy atom. The lowest BCUT2D eigenvalue weighted by Gasteiger charge is -2.31. The van der Waals surface area contributed by atoms with Gasteiger partial charge in [-0.2, -0.15) is 13.2 Å². The number of alkyl halides is 3. The number of carbonyl (C=O) groups excluding carboxylic acids is 5. The fourth-order valence-corrected chi connectivity index (χ4v) is 7.78. The number of ketones is 1. The van der Waals surface area contributed by atoms with Crippen LogP contribution in [0.1, 0.15) is 73.3 Å². The Bertz CT molecular complexity index is 2010. The molecule has 0 aromatic heterocycles. The van der Waals surface area contributed by atoms with Crippen LogP contribution in [0.15, 0.2) is 72.8 Å². The average molecular weight is 865 g/mol. The first-order valence-electron chi connectivity index (χ1n) is 18.6. The smallest absolute Gasteiger partial charge is 0.452 e. The molecular formula is C41H48ClF3N4O9S. The topological polar surface area (TPSA) is 180 Å². The summed E-state index contributed by atoms with van der Waals surface area (Å²) in [6.45, 7) is 7.62. The summed E-state index contributed by atoms with van der Waals surface area (Å²) in [5.74, 6) is -6.24. The van der Waals surface area contributed by atoms with Gasteiger partial charge in [0.15, 0.2) is 11.1 Å². The second-order valence-corrected chi connectivity index (χ2v) is 17.0. The number of halogens is 4. The van der Waals surface area contributed by atoms with E-state index >= 15 is 0 Å². The molecule has 4 rings (SSSR count). The Morgan fingerprint density at radius 2 is 1.58 bits per heavy atom. The molecule has 1 aliphatic rings. The monoisotopic (exact) mass is 864 g/mol. The van der Waals surface area contributed by atoms with Crippen molar-refractivity contribution in [3.8, 4) is 5.75 Å². The molecule has 18 heteroatoms. The predicted molar refractivity (Wildman–Crippen MR) is 214 cm³/mol. The van der Waals surface area contributed by atoms with E-state index in [1.54, 1.807) is 75.4 Å². The molecule has 1 heterocycles. The summed E-state index contributed by atoms with van der Waals surface area (Å²) >= 11 is 3.57. The van der Waals surface area contributed by atoms with Gasteiger partial charge in [-0.05, 0) is 86.1 Å². The maximum Gasteiger partial charge on any atom is 0.452 e. The van der Waals surface area contributed by atoms with Gasteiger partial charge in [-0.3, -0.25) is 19.2 Å². The molecule has 3 aromatic rings. The molecule has 6 atom stereocenters. The third-order valence-electron chi connectivity index (χ3n) is 9.52. The largest absolute Gasteiger partial charge is 0.497 e.